The lowest BCUT2D eigenvalue weighted by Gasteiger charge is -2.13. The van der Waals surface area contributed by atoms with Gasteiger partial charge in [0.05, 0.1) is 4.90 Å². The quantitative estimate of drug-likeness (QED) is 0.592. The molecule has 0 aromatic heterocycles. The fraction of sp³-hybridized carbons (Fsp3) is 0.261. The highest BCUT2D eigenvalue weighted by Gasteiger charge is 2.39. The van der Waals surface area contributed by atoms with Gasteiger partial charge in [-0.15, -0.1) is 11.0 Å². The fourth-order valence-corrected chi connectivity index (χ4v) is 5.44. The van der Waals surface area contributed by atoms with Gasteiger partial charge in [-0.1, -0.05) is 54.6 Å². The molecule has 32 heavy (non-hydrogen) atoms. The number of sulfonamides is 1. The van der Waals surface area contributed by atoms with E-state index in [1.807, 2.05) is 26.0 Å². The maximum Gasteiger partial charge on any atom is 0.284 e. The molecular weight excluding hydrogens is 446 g/mol. The number of aryl methyl sites for hydroxylation is 2. The third-order valence-electron chi connectivity index (χ3n) is 4.87. The predicted molar refractivity (Wildman–Crippen MR) is 128 cm³/mol. The molecule has 2 amide bonds. The van der Waals surface area contributed by atoms with Crippen LogP contribution in [0.25, 0.3) is 0 Å². The van der Waals surface area contributed by atoms with Gasteiger partial charge in [-0.05, 0) is 43.2 Å². The molecule has 0 unspecified atom stereocenters. The highest BCUT2D eigenvalue weighted by Crippen LogP contribution is 2.31. The van der Waals surface area contributed by atoms with Crippen molar-refractivity contribution in [3.63, 3.8) is 0 Å². The Morgan fingerprint density at radius 3 is 2.44 bits per heavy atom. The lowest BCUT2D eigenvalue weighted by atomic mass is 10.2. The lowest BCUT2D eigenvalue weighted by molar-refractivity contribution is -0.127. The van der Waals surface area contributed by atoms with Crippen LogP contribution >= 0.6 is 11.8 Å². The summed E-state index contributed by atoms with van der Waals surface area (Å²) in [6.07, 6.45) is 2.18. The SMILES string of the molecule is C=CCN1C(=O)[C@H](CC(=O)Nc2ccc(C)cc2)SC1=NS(=O)(=O)c1ccc(CC)cc1. The Kier molecular flexibility index (Phi) is 7.52. The number of amidine groups is 1. The number of nitrogens with zero attached hydrogens (tertiary/aromatic N) is 2. The summed E-state index contributed by atoms with van der Waals surface area (Å²) in [6, 6.07) is 13.8. The van der Waals surface area contributed by atoms with Gasteiger partial charge >= 0.3 is 0 Å². The molecule has 1 saturated heterocycles. The number of carbonyl (C=O) groups excluding carboxylic acids is 2. The Hall–Kier alpha value is -2.91. The highest BCUT2D eigenvalue weighted by molar-refractivity contribution is 8.16. The Bertz CT molecular complexity index is 1140. The molecule has 0 saturated carbocycles. The number of rotatable bonds is 8. The van der Waals surface area contributed by atoms with Crippen LogP contribution in [-0.2, 0) is 26.0 Å². The van der Waals surface area contributed by atoms with Gasteiger partial charge in [0.25, 0.3) is 10.0 Å². The topological polar surface area (TPSA) is 95.9 Å². The molecule has 2 aromatic rings. The first-order chi connectivity index (χ1) is 15.2. The Morgan fingerprint density at radius 2 is 1.84 bits per heavy atom. The lowest BCUT2D eigenvalue weighted by Crippen LogP contribution is -2.33. The molecule has 0 bridgehead atoms. The third-order valence-corrected chi connectivity index (χ3v) is 7.44. The molecule has 9 heteroatoms. The summed E-state index contributed by atoms with van der Waals surface area (Å²) < 4.78 is 29.5. The minimum Gasteiger partial charge on any atom is -0.326 e. The summed E-state index contributed by atoms with van der Waals surface area (Å²) >= 11 is 0.976. The molecule has 1 aliphatic heterocycles. The van der Waals surface area contributed by atoms with Gasteiger partial charge in [-0.25, -0.2) is 0 Å². The normalized spacial score (nSPS) is 17.6. The molecule has 1 aliphatic rings. The van der Waals surface area contributed by atoms with Gasteiger partial charge < -0.3 is 5.32 Å². The molecule has 0 radical (unpaired) electrons. The summed E-state index contributed by atoms with van der Waals surface area (Å²) in [7, 11) is -4.01. The van der Waals surface area contributed by atoms with E-state index in [9.17, 15) is 18.0 Å². The zero-order valence-electron chi connectivity index (χ0n) is 17.9. The van der Waals surface area contributed by atoms with E-state index in [0.717, 1.165) is 29.3 Å². The van der Waals surface area contributed by atoms with E-state index < -0.39 is 15.3 Å². The van der Waals surface area contributed by atoms with Crippen LogP contribution in [0, 0.1) is 6.92 Å². The summed E-state index contributed by atoms with van der Waals surface area (Å²) in [6.45, 7) is 7.66. The molecule has 2 aromatic carbocycles. The van der Waals surface area contributed by atoms with Crippen LogP contribution in [0.3, 0.4) is 0 Å². The van der Waals surface area contributed by atoms with Crippen molar-refractivity contribution in [2.45, 2.75) is 36.8 Å². The van der Waals surface area contributed by atoms with Crippen molar-refractivity contribution < 1.29 is 18.0 Å². The monoisotopic (exact) mass is 471 g/mol. The van der Waals surface area contributed by atoms with Gasteiger partial charge in [0.2, 0.25) is 11.8 Å². The number of benzene rings is 2. The minimum absolute atomic E-state index is 0.0441. The van der Waals surface area contributed by atoms with Crippen LogP contribution < -0.4 is 5.32 Å². The number of hydrogen-bond acceptors (Lipinski definition) is 5. The molecule has 3 rings (SSSR count). The van der Waals surface area contributed by atoms with Crippen LogP contribution in [0.1, 0.15) is 24.5 Å². The first-order valence-corrected chi connectivity index (χ1v) is 12.4. The molecule has 0 aliphatic carbocycles. The number of nitrogens with one attached hydrogen (secondary N) is 1. The van der Waals surface area contributed by atoms with Crippen molar-refractivity contribution in [3.8, 4) is 0 Å². The molecular formula is C23H25N3O4S2. The molecule has 1 N–H and O–H groups in total. The van der Waals surface area contributed by atoms with E-state index >= 15 is 0 Å². The van der Waals surface area contributed by atoms with E-state index in [-0.39, 0.29) is 34.8 Å². The fourth-order valence-electron chi connectivity index (χ4n) is 3.08. The number of hydrogen-bond donors (Lipinski definition) is 1. The number of thioether (sulfide) groups is 1. The number of amides is 2. The summed E-state index contributed by atoms with van der Waals surface area (Å²) in [5, 5.41) is 2.04. The van der Waals surface area contributed by atoms with Crippen LogP contribution in [0.2, 0.25) is 0 Å². The Balaban J connectivity index is 1.78. The molecule has 7 nitrogen and oxygen atoms in total. The minimum atomic E-state index is -4.01. The average Bonchev–Trinajstić information content (AvgIpc) is 3.04. The second-order valence-corrected chi connectivity index (χ2v) is 10.1. The van der Waals surface area contributed by atoms with Crippen molar-refractivity contribution in [2.24, 2.45) is 4.40 Å². The van der Waals surface area contributed by atoms with Crippen LogP contribution in [0.4, 0.5) is 5.69 Å². The molecule has 1 atom stereocenters. The zero-order chi connectivity index (χ0) is 23.3. The smallest absolute Gasteiger partial charge is 0.284 e. The van der Waals surface area contributed by atoms with E-state index in [2.05, 4.69) is 16.3 Å². The molecule has 1 fully saturated rings. The average molecular weight is 472 g/mol. The van der Waals surface area contributed by atoms with Crippen LogP contribution in [0.15, 0.2) is 70.5 Å². The second kappa shape index (κ2) is 10.1. The standard InChI is InChI=1S/C23H25N3O4S2/c1-4-14-26-22(28)20(15-21(27)24-18-10-6-16(3)7-11-18)31-23(26)25-32(29,30)19-12-8-17(5-2)9-13-19/h4,6-13,20H,1,5,14-15H2,2-3H3,(H,24,27)/t20-/m0/s1. The van der Waals surface area contributed by atoms with Crippen molar-refractivity contribution in [1.82, 2.24) is 4.90 Å². The zero-order valence-corrected chi connectivity index (χ0v) is 19.6. The molecule has 1 heterocycles. The van der Waals surface area contributed by atoms with Crippen LogP contribution in [0.5, 0.6) is 0 Å². The maximum atomic E-state index is 12.8. The van der Waals surface area contributed by atoms with Gasteiger partial charge in [0.1, 0.15) is 5.25 Å². The van der Waals surface area contributed by atoms with Gasteiger partial charge in [0, 0.05) is 18.7 Å². The van der Waals surface area contributed by atoms with Gasteiger partial charge in [0.15, 0.2) is 5.17 Å². The van der Waals surface area contributed by atoms with Crippen molar-refractivity contribution in [1.29, 1.82) is 0 Å². The van der Waals surface area contributed by atoms with Crippen LogP contribution in [-0.4, -0.2) is 42.1 Å². The third kappa shape index (κ3) is 5.66. The first-order valence-electron chi connectivity index (χ1n) is 10.1. The maximum absolute atomic E-state index is 12.8. The number of anilines is 1. The highest BCUT2D eigenvalue weighted by atomic mass is 32.2. The first kappa shape index (κ1) is 23.7. The van der Waals surface area contributed by atoms with Gasteiger partial charge in [-0.2, -0.15) is 8.42 Å². The molecule has 168 valence electrons. The summed E-state index contributed by atoms with van der Waals surface area (Å²) in [4.78, 5) is 26.6. The van der Waals surface area contributed by atoms with Crippen molar-refractivity contribution in [3.05, 3.63) is 72.3 Å². The van der Waals surface area contributed by atoms with E-state index in [4.69, 9.17) is 0 Å². The predicted octanol–water partition coefficient (Wildman–Crippen LogP) is 3.76. The van der Waals surface area contributed by atoms with Gasteiger partial charge in [-0.3, -0.25) is 14.5 Å². The van der Waals surface area contributed by atoms with Crippen molar-refractivity contribution in [2.75, 3.05) is 11.9 Å². The largest absolute Gasteiger partial charge is 0.326 e. The second-order valence-electron chi connectivity index (χ2n) is 7.31. The summed E-state index contributed by atoms with van der Waals surface area (Å²) in [5.74, 6) is -0.707. The van der Waals surface area contributed by atoms with Crippen molar-refractivity contribution >= 4 is 44.5 Å². The Labute approximate surface area is 192 Å². The van der Waals surface area contributed by atoms with E-state index in [1.54, 1.807) is 24.3 Å². The Morgan fingerprint density at radius 1 is 1.19 bits per heavy atom. The van der Waals surface area contributed by atoms with E-state index in [0.29, 0.717) is 5.69 Å². The summed E-state index contributed by atoms with van der Waals surface area (Å²) in [5.41, 5.74) is 2.71. The number of carbonyl (C=O) groups is 2. The molecule has 0 spiro atoms. The van der Waals surface area contributed by atoms with E-state index in [1.165, 1.54) is 23.1 Å².